The van der Waals surface area contributed by atoms with E-state index in [1.807, 2.05) is 13.8 Å². The highest BCUT2D eigenvalue weighted by Gasteiger charge is 2.49. The Labute approximate surface area is 167 Å². The quantitative estimate of drug-likeness (QED) is 0.674. The minimum Gasteiger partial charge on any atom is -0.358 e. The Morgan fingerprint density at radius 2 is 2.00 bits per heavy atom. The molecule has 1 saturated heterocycles. The Balaban J connectivity index is 2.03. The van der Waals surface area contributed by atoms with Crippen LogP contribution in [0.4, 0.5) is 4.39 Å². The lowest BCUT2D eigenvalue weighted by molar-refractivity contribution is -0.0433. The highest BCUT2D eigenvalue weighted by atomic mass is 32.2. The van der Waals surface area contributed by atoms with Crippen LogP contribution in [0.25, 0.3) is 0 Å². The predicted molar refractivity (Wildman–Crippen MR) is 107 cm³/mol. The van der Waals surface area contributed by atoms with E-state index in [1.54, 1.807) is 0 Å². The molecule has 1 aromatic rings. The van der Waals surface area contributed by atoms with Crippen molar-refractivity contribution < 1.29 is 22.3 Å². The average molecular weight is 415 g/mol. The molecule has 0 spiro atoms. The molecule has 0 unspecified atom stereocenters. The van der Waals surface area contributed by atoms with Gasteiger partial charge < -0.3 is 10.1 Å². The van der Waals surface area contributed by atoms with Crippen LogP contribution in [0.5, 0.6) is 0 Å². The molecular weight excluding hydrogens is 383 g/mol. The van der Waals surface area contributed by atoms with Gasteiger partial charge in [0.25, 0.3) is 5.91 Å². The minimum atomic E-state index is -3.63. The summed E-state index contributed by atoms with van der Waals surface area (Å²) in [6.07, 6.45) is 2.15. The van der Waals surface area contributed by atoms with Crippen LogP contribution < -0.4 is 5.32 Å². The maximum atomic E-state index is 13.1. The van der Waals surface area contributed by atoms with Gasteiger partial charge in [0.05, 0.1) is 18.4 Å². The third-order valence-corrected chi connectivity index (χ3v) is 7.10. The number of carbonyl (C=O) groups is 1. The van der Waals surface area contributed by atoms with E-state index in [1.165, 1.54) is 28.6 Å². The smallest absolute Gasteiger partial charge is 0.251 e. The number of benzene rings is 1. The fraction of sp³-hybridized carbons (Fsp3) is 0.650. The highest BCUT2D eigenvalue weighted by Crippen LogP contribution is 2.36. The van der Waals surface area contributed by atoms with Gasteiger partial charge in [-0.3, -0.25) is 4.79 Å². The summed E-state index contributed by atoms with van der Waals surface area (Å²) in [4.78, 5) is 12.1. The summed E-state index contributed by atoms with van der Waals surface area (Å²) in [5, 5.41) is 2.60. The van der Waals surface area contributed by atoms with Crippen molar-refractivity contribution in [2.45, 2.75) is 58.7 Å². The van der Waals surface area contributed by atoms with E-state index in [0.29, 0.717) is 25.4 Å². The molecule has 2 atom stereocenters. The Morgan fingerprint density at radius 1 is 1.36 bits per heavy atom. The summed E-state index contributed by atoms with van der Waals surface area (Å²) < 4.78 is 46.5. The van der Waals surface area contributed by atoms with E-state index in [4.69, 9.17) is 4.74 Å². The molecule has 2 rings (SSSR count). The first-order valence-electron chi connectivity index (χ1n) is 9.79. The summed E-state index contributed by atoms with van der Waals surface area (Å²) in [5.74, 6) is -0.626. The van der Waals surface area contributed by atoms with Gasteiger partial charge in [0.15, 0.2) is 0 Å². The Kier molecular flexibility index (Phi) is 7.59. The number of hydrogen-bond acceptors (Lipinski definition) is 4. The SMILES string of the molecule is CC[C@@H]1CO[C@](C)(CCC(C)C)N1S(=O)(=O)CCNC(=O)c1ccc(F)cc1. The molecule has 1 aromatic carbocycles. The lowest BCUT2D eigenvalue weighted by Gasteiger charge is -2.36. The molecule has 0 aliphatic carbocycles. The van der Waals surface area contributed by atoms with Crippen molar-refractivity contribution in [1.29, 1.82) is 0 Å². The number of halogens is 1. The first kappa shape index (κ1) is 22.8. The zero-order chi connectivity index (χ0) is 20.9. The van der Waals surface area contributed by atoms with E-state index in [0.717, 1.165) is 6.42 Å². The molecule has 1 heterocycles. The molecule has 0 radical (unpaired) electrons. The molecule has 158 valence electrons. The van der Waals surface area contributed by atoms with Gasteiger partial charge in [-0.1, -0.05) is 20.8 Å². The molecule has 0 bridgehead atoms. The summed E-state index contributed by atoms with van der Waals surface area (Å²) in [6, 6.07) is 4.92. The normalized spacial score (nSPS) is 23.3. The summed E-state index contributed by atoms with van der Waals surface area (Å²) in [6.45, 7) is 8.33. The third kappa shape index (κ3) is 5.52. The van der Waals surface area contributed by atoms with Crippen molar-refractivity contribution in [2.24, 2.45) is 5.92 Å². The summed E-state index contributed by atoms with van der Waals surface area (Å²) >= 11 is 0. The van der Waals surface area contributed by atoms with Crippen LogP contribution in [0.1, 0.15) is 57.3 Å². The molecule has 1 amide bonds. The van der Waals surface area contributed by atoms with Gasteiger partial charge >= 0.3 is 0 Å². The zero-order valence-electron chi connectivity index (χ0n) is 17.1. The molecule has 0 aromatic heterocycles. The number of nitrogens with zero attached hydrogens (tertiary/aromatic N) is 1. The average Bonchev–Trinajstić information content (AvgIpc) is 2.98. The molecule has 1 aliphatic rings. The van der Waals surface area contributed by atoms with E-state index < -0.39 is 27.5 Å². The van der Waals surface area contributed by atoms with E-state index in [2.05, 4.69) is 19.2 Å². The Hall–Kier alpha value is -1.51. The standard InChI is InChI=1S/C20H31FN2O4S/c1-5-18-14-27-20(4,11-10-15(2)3)23(18)28(25,26)13-12-22-19(24)16-6-8-17(21)9-7-16/h6-9,15,18H,5,10-14H2,1-4H3,(H,22,24)/t18-,20-/m1/s1. The second-order valence-electron chi connectivity index (χ2n) is 7.86. The minimum absolute atomic E-state index is 0.0221. The zero-order valence-corrected chi connectivity index (χ0v) is 17.9. The second kappa shape index (κ2) is 9.33. The lowest BCUT2D eigenvalue weighted by atomic mass is 10.0. The lowest BCUT2D eigenvalue weighted by Crippen LogP contribution is -2.51. The van der Waals surface area contributed by atoms with Crippen molar-refractivity contribution in [3.63, 3.8) is 0 Å². The molecule has 6 nitrogen and oxygen atoms in total. The van der Waals surface area contributed by atoms with Crippen LogP contribution in [0, 0.1) is 11.7 Å². The second-order valence-corrected chi connectivity index (χ2v) is 9.82. The van der Waals surface area contributed by atoms with Crippen molar-refractivity contribution >= 4 is 15.9 Å². The maximum absolute atomic E-state index is 13.1. The van der Waals surface area contributed by atoms with Crippen LogP contribution in [0.2, 0.25) is 0 Å². The highest BCUT2D eigenvalue weighted by molar-refractivity contribution is 7.89. The molecule has 1 N–H and O–H groups in total. The fourth-order valence-corrected chi connectivity index (χ4v) is 5.39. The maximum Gasteiger partial charge on any atom is 0.251 e. The van der Waals surface area contributed by atoms with Crippen molar-refractivity contribution in [1.82, 2.24) is 9.62 Å². The number of carbonyl (C=O) groups excluding carboxylic acids is 1. The first-order chi connectivity index (χ1) is 13.1. The monoisotopic (exact) mass is 414 g/mol. The Bertz CT molecular complexity index is 767. The third-order valence-electron chi connectivity index (χ3n) is 5.09. The first-order valence-corrected chi connectivity index (χ1v) is 11.4. The fourth-order valence-electron chi connectivity index (χ4n) is 3.43. The molecule has 1 fully saturated rings. The van der Waals surface area contributed by atoms with Gasteiger partial charge in [-0.05, 0) is 56.4 Å². The van der Waals surface area contributed by atoms with E-state index >= 15 is 0 Å². The van der Waals surface area contributed by atoms with Crippen molar-refractivity contribution in [3.05, 3.63) is 35.6 Å². The molecule has 8 heteroatoms. The van der Waals surface area contributed by atoms with E-state index in [-0.39, 0.29) is 23.9 Å². The number of nitrogens with one attached hydrogen (secondary N) is 1. The summed E-state index contributed by atoms with van der Waals surface area (Å²) in [5.41, 5.74) is -0.568. The molecule has 1 aliphatic heterocycles. The number of amides is 1. The number of hydrogen-bond donors (Lipinski definition) is 1. The van der Waals surface area contributed by atoms with Crippen molar-refractivity contribution in [3.8, 4) is 0 Å². The van der Waals surface area contributed by atoms with Crippen LogP contribution >= 0.6 is 0 Å². The van der Waals surface area contributed by atoms with Crippen LogP contribution in [-0.2, 0) is 14.8 Å². The number of sulfonamides is 1. The Morgan fingerprint density at radius 3 is 2.57 bits per heavy atom. The predicted octanol–water partition coefficient (Wildman–Crippen LogP) is 3.15. The van der Waals surface area contributed by atoms with Gasteiger partial charge in [-0.2, -0.15) is 4.31 Å². The van der Waals surface area contributed by atoms with Gasteiger partial charge in [0, 0.05) is 12.1 Å². The van der Waals surface area contributed by atoms with Gasteiger partial charge in [-0.25, -0.2) is 12.8 Å². The van der Waals surface area contributed by atoms with Crippen LogP contribution in [-0.4, -0.2) is 49.3 Å². The van der Waals surface area contributed by atoms with E-state index in [9.17, 15) is 17.6 Å². The molecule has 28 heavy (non-hydrogen) atoms. The summed E-state index contributed by atoms with van der Waals surface area (Å²) in [7, 11) is -3.63. The van der Waals surface area contributed by atoms with Gasteiger partial charge in [-0.15, -0.1) is 0 Å². The van der Waals surface area contributed by atoms with Crippen molar-refractivity contribution in [2.75, 3.05) is 18.9 Å². The largest absolute Gasteiger partial charge is 0.358 e. The molecule has 0 saturated carbocycles. The van der Waals surface area contributed by atoms with Crippen LogP contribution in [0.3, 0.4) is 0 Å². The van der Waals surface area contributed by atoms with Crippen LogP contribution in [0.15, 0.2) is 24.3 Å². The number of rotatable bonds is 9. The molecular formula is C20H31FN2O4S. The topological polar surface area (TPSA) is 75.7 Å². The number of ether oxygens (including phenoxy) is 1. The van der Waals surface area contributed by atoms with Gasteiger partial charge in [0.1, 0.15) is 11.5 Å². The van der Waals surface area contributed by atoms with Gasteiger partial charge in [0.2, 0.25) is 10.0 Å².